The first kappa shape index (κ1) is 30.4. The van der Waals surface area contributed by atoms with Gasteiger partial charge in [-0.25, -0.2) is 14.5 Å². The molecule has 0 spiro atoms. The molecule has 0 atom stereocenters. The van der Waals surface area contributed by atoms with Gasteiger partial charge < -0.3 is 10.0 Å². The van der Waals surface area contributed by atoms with Gasteiger partial charge in [0.2, 0.25) is 0 Å². The summed E-state index contributed by atoms with van der Waals surface area (Å²) >= 11 is 0. The summed E-state index contributed by atoms with van der Waals surface area (Å²) in [6.07, 6.45) is -13.1. The molecule has 1 saturated heterocycles. The summed E-state index contributed by atoms with van der Waals surface area (Å²) < 4.78 is 109. The maximum Gasteiger partial charge on any atom is 0.490 e. The SMILES string of the molecule is CC1(C)C(=O)N(c2ccc(C(C(F)(F)F)C(F)(F)F)cc2)C(=O)N1Cc1ccncc1.O=C(O)C(F)(F)F. The van der Waals surface area contributed by atoms with Crippen LogP contribution in [0.5, 0.6) is 0 Å². The van der Waals surface area contributed by atoms with Gasteiger partial charge in [0.1, 0.15) is 5.54 Å². The number of halogens is 9. The highest BCUT2D eigenvalue weighted by Gasteiger charge is 2.57. The number of carboxylic acids is 1. The molecule has 3 rings (SSSR count). The van der Waals surface area contributed by atoms with E-state index in [0.29, 0.717) is 17.7 Å². The molecule has 0 unspecified atom stereocenters. The molecule has 1 aromatic carbocycles. The monoisotopic (exact) mass is 559 g/mol. The smallest absolute Gasteiger partial charge is 0.475 e. The van der Waals surface area contributed by atoms with Crippen LogP contribution in [-0.2, 0) is 16.1 Å². The van der Waals surface area contributed by atoms with E-state index in [1.54, 1.807) is 12.1 Å². The second-order valence-electron chi connectivity index (χ2n) is 8.33. The largest absolute Gasteiger partial charge is 0.490 e. The van der Waals surface area contributed by atoms with Crippen molar-refractivity contribution >= 4 is 23.6 Å². The number of aromatic nitrogens is 1. The molecule has 38 heavy (non-hydrogen) atoms. The molecule has 0 aliphatic carbocycles. The van der Waals surface area contributed by atoms with Crippen LogP contribution in [0.2, 0.25) is 0 Å². The fourth-order valence-electron chi connectivity index (χ4n) is 3.38. The number of rotatable bonds is 4. The second-order valence-corrected chi connectivity index (χ2v) is 8.33. The molecule has 1 aliphatic heterocycles. The van der Waals surface area contributed by atoms with Gasteiger partial charge in [-0.2, -0.15) is 39.5 Å². The van der Waals surface area contributed by atoms with Crippen LogP contribution in [0.25, 0.3) is 0 Å². The van der Waals surface area contributed by atoms with E-state index in [1.807, 2.05) is 0 Å². The number of benzene rings is 1. The van der Waals surface area contributed by atoms with Crippen molar-refractivity contribution in [3.8, 4) is 0 Å². The lowest BCUT2D eigenvalue weighted by molar-refractivity contribution is -0.253. The van der Waals surface area contributed by atoms with E-state index in [0.717, 1.165) is 17.0 Å². The van der Waals surface area contributed by atoms with E-state index >= 15 is 0 Å². The fourth-order valence-corrected chi connectivity index (χ4v) is 3.38. The van der Waals surface area contributed by atoms with Crippen molar-refractivity contribution in [1.82, 2.24) is 9.88 Å². The molecule has 0 saturated carbocycles. The number of carbonyl (C=O) groups is 3. The van der Waals surface area contributed by atoms with E-state index in [9.17, 15) is 49.1 Å². The average Bonchev–Trinajstić information content (AvgIpc) is 2.92. The zero-order valence-electron chi connectivity index (χ0n) is 19.3. The van der Waals surface area contributed by atoms with E-state index < -0.39 is 53.5 Å². The van der Waals surface area contributed by atoms with Gasteiger partial charge >= 0.3 is 30.5 Å². The zero-order valence-corrected chi connectivity index (χ0v) is 19.3. The quantitative estimate of drug-likeness (QED) is 0.385. The first-order chi connectivity index (χ1) is 17.2. The fraction of sp³-hybridized carbons (Fsp3) is 0.364. The Morgan fingerprint density at radius 1 is 0.895 bits per heavy atom. The lowest BCUT2D eigenvalue weighted by Crippen LogP contribution is -2.43. The van der Waals surface area contributed by atoms with Gasteiger partial charge in [-0.3, -0.25) is 9.78 Å². The molecule has 0 bridgehead atoms. The summed E-state index contributed by atoms with van der Waals surface area (Å²) in [4.78, 5) is 40.6. The highest BCUT2D eigenvalue weighted by molar-refractivity contribution is 6.22. The summed E-state index contributed by atoms with van der Waals surface area (Å²) in [7, 11) is 0. The van der Waals surface area contributed by atoms with Crippen molar-refractivity contribution in [1.29, 1.82) is 0 Å². The third kappa shape index (κ3) is 6.72. The van der Waals surface area contributed by atoms with Gasteiger partial charge in [0.25, 0.3) is 5.91 Å². The summed E-state index contributed by atoms with van der Waals surface area (Å²) in [6, 6.07) is 5.63. The van der Waals surface area contributed by atoms with Gasteiger partial charge in [0.05, 0.1) is 5.69 Å². The molecule has 2 aromatic rings. The number of carbonyl (C=O) groups excluding carboxylic acids is 2. The molecule has 7 nitrogen and oxygen atoms in total. The predicted molar refractivity (Wildman–Crippen MR) is 112 cm³/mol. The molecule has 1 aromatic heterocycles. The molecule has 3 amide bonds. The Labute approximate surface area is 208 Å². The molecule has 208 valence electrons. The lowest BCUT2D eigenvalue weighted by atomic mass is 9.97. The summed E-state index contributed by atoms with van der Waals surface area (Å²) in [5.74, 6) is -7.08. The van der Waals surface area contributed by atoms with Crippen LogP contribution in [0.4, 0.5) is 50.0 Å². The van der Waals surface area contributed by atoms with E-state index in [2.05, 4.69) is 4.98 Å². The number of alkyl halides is 9. The van der Waals surface area contributed by atoms with Crippen molar-refractivity contribution in [3.05, 3.63) is 59.9 Å². The Bertz CT molecular complexity index is 1150. The summed E-state index contributed by atoms with van der Waals surface area (Å²) in [5, 5.41) is 7.12. The molecule has 1 N–H and O–H groups in total. The minimum Gasteiger partial charge on any atom is -0.475 e. The molecule has 1 aliphatic rings. The molecule has 16 heteroatoms. The van der Waals surface area contributed by atoms with Crippen LogP contribution in [0.1, 0.15) is 30.9 Å². The average molecular weight is 559 g/mol. The van der Waals surface area contributed by atoms with Crippen LogP contribution in [0.15, 0.2) is 48.8 Å². The van der Waals surface area contributed by atoms with Crippen molar-refractivity contribution < 1.29 is 59.0 Å². The number of urea groups is 1. The third-order valence-corrected chi connectivity index (χ3v) is 5.30. The minimum atomic E-state index is -5.54. The molecule has 1 fully saturated rings. The van der Waals surface area contributed by atoms with Crippen molar-refractivity contribution in [2.75, 3.05) is 4.90 Å². The van der Waals surface area contributed by atoms with Crippen molar-refractivity contribution in [3.63, 3.8) is 0 Å². The highest BCUT2D eigenvalue weighted by atomic mass is 19.4. The Morgan fingerprint density at radius 3 is 1.74 bits per heavy atom. The van der Waals surface area contributed by atoms with Crippen molar-refractivity contribution in [2.24, 2.45) is 0 Å². The van der Waals surface area contributed by atoms with Gasteiger partial charge in [0, 0.05) is 18.9 Å². The minimum absolute atomic E-state index is 0.0684. The first-order valence-electron chi connectivity index (χ1n) is 10.3. The van der Waals surface area contributed by atoms with Gasteiger partial charge in [-0.05, 0) is 49.2 Å². The van der Waals surface area contributed by atoms with Gasteiger partial charge in [0.15, 0.2) is 5.92 Å². The topological polar surface area (TPSA) is 90.8 Å². The van der Waals surface area contributed by atoms with Crippen LogP contribution in [0.3, 0.4) is 0 Å². The molecular weight excluding hydrogens is 541 g/mol. The van der Waals surface area contributed by atoms with E-state index in [1.165, 1.54) is 31.1 Å². The van der Waals surface area contributed by atoms with Crippen LogP contribution >= 0.6 is 0 Å². The number of carboxylic acid groups (broad SMARTS) is 1. The first-order valence-corrected chi connectivity index (χ1v) is 10.3. The van der Waals surface area contributed by atoms with Crippen LogP contribution < -0.4 is 4.90 Å². The predicted octanol–water partition coefficient (Wildman–Crippen LogP) is 5.67. The van der Waals surface area contributed by atoms with Gasteiger partial charge in [-0.15, -0.1) is 0 Å². The number of hydrogen-bond acceptors (Lipinski definition) is 4. The maximum atomic E-state index is 12.9. The molecular formula is C22H18F9N3O4. The number of pyridine rings is 1. The Balaban J connectivity index is 0.000000638. The number of anilines is 1. The Morgan fingerprint density at radius 2 is 1.34 bits per heavy atom. The zero-order chi connectivity index (χ0) is 29.3. The summed E-state index contributed by atoms with van der Waals surface area (Å²) in [6.45, 7) is 3.08. The number of nitrogens with zero attached hydrogens (tertiary/aromatic N) is 3. The molecule has 2 heterocycles. The standard InChI is InChI=1S/C20H17F6N3O2.C2HF3O2/c1-18(2)16(30)29(17(31)28(18)11-12-7-9-27-10-8-12)14-5-3-13(4-6-14)15(19(21,22)23)20(24,25)26;3-2(4,5)1(6)7/h3-10,15H,11H2,1-2H3;(H,6,7). The number of amides is 3. The van der Waals surface area contributed by atoms with Crippen molar-refractivity contribution in [2.45, 2.75) is 50.4 Å². The van der Waals surface area contributed by atoms with E-state index in [4.69, 9.17) is 9.90 Å². The Hall–Kier alpha value is -3.85. The second kappa shape index (κ2) is 10.5. The number of hydrogen-bond donors (Lipinski definition) is 1. The van der Waals surface area contributed by atoms with E-state index in [-0.39, 0.29) is 12.2 Å². The Kier molecular flexibility index (Phi) is 8.39. The normalized spacial score (nSPS) is 16.0. The molecule has 0 radical (unpaired) electrons. The number of aliphatic carboxylic acids is 1. The lowest BCUT2D eigenvalue weighted by Gasteiger charge is -2.27. The number of imide groups is 1. The summed E-state index contributed by atoms with van der Waals surface area (Å²) in [5.41, 5.74) is -1.73. The van der Waals surface area contributed by atoms with Gasteiger partial charge in [-0.1, -0.05) is 12.1 Å². The highest BCUT2D eigenvalue weighted by Crippen LogP contribution is 2.46. The van der Waals surface area contributed by atoms with Crippen LogP contribution in [0, 0.1) is 0 Å². The third-order valence-electron chi connectivity index (χ3n) is 5.30. The van der Waals surface area contributed by atoms with Crippen LogP contribution in [-0.4, -0.2) is 57.0 Å². The maximum absolute atomic E-state index is 12.9.